The molecule has 0 saturated heterocycles. The van der Waals surface area contributed by atoms with Crippen LogP contribution in [0, 0.1) is 5.92 Å². The maximum atomic E-state index is 10.7. The second kappa shape index (κ2) is 7.07. The quantitative estimate of drug-likeness (QED) is 0.764. The number of rotatable bonds is 7. The molecule has 3 nitrogen and oxygen atoms in total. The Kier molecular flexibility index (Phi) is 5.70. The smallest absolute Gasteiger partial charge is 0.335 e. The van der Waals surface area contributed by atoms with Crippen LogP contribution in [0.25, 0.3) is 0 Å². The molecule has 0 spiro atoms. The number of carboxylic acids is 1. The zero-order chi connectivity index (χ0) is 12.7. The molecule has 1 unspecified atom stereocenters. The van der Waals surface area contributed by atoms with E-state index in [-0.39, 0.29) is 0 Å². The van der Waals surface area contributed by atoms with Crippen LogP contribution < -0.4 is 5.32 Å². The highest BCUT2D eigenvalue weighted by molar-refractivity contribution is 5.87. The highest BCUT2D eigenvalue weighted by atomic mass is 16.4. The van der Waals surface area contributed by atoms with E-state index in [0.29, 0.717) is 11.5 Å². The Hall–Kier alpha value is -1.35. The first-order valence-corrected chi connectivity index (χ1v) is 6.16. The first kappa shape index (κ1) is 13.7. The van der Waals surface area contributed by atoms with Crippen LogP contribution in [0.1, 0.15) is 42.6 Å². The molecule has 1 rings (SSSR count). The molecular formula is C14H21NO2. The van der Waals surface area contributed by atoms with E-state index >= 15 is 0 Å². The Bertz CT molecular complexity index is 346. The number of aromatic carboxylic acids is 1. The fraction of sp³-hybridized carbons (Fsp3) is 0.500. The highest BCUT2D eigenvalue weighted by Gasteiger charge is 2.02. The summed E-state index contributed by atoms with van der Waals surface area (Å²) >= 11 is 0. The summed E-state index contributed by atoms with van der Waals surface area (Å²) in [6, 6.07) is 7.02. The number of hydrogen-bond donors (Lipinski definition) is 2. The second-order valence-electron chi connectivity index (χ2n) is 4.53. The van der Waals surface area contributed by atoms with Crippen LogP contribution in [0.2, 0.25) is 0 Å². The van der Waals surface area contributed by atoms with Crippen molar-refractivity contribution in [2.75, 3.05) is 6.54 Å². The predicted molar refractivity (Wildman–Crippen MR) is 69.2 cm³/mol. The van der Waals surface area contributed by atoms with E-state index in [1.807, 2.05) is 12.1 Å². The maximum absolute atomic E-state index is 10.7. The first-order chi connectivity index (χ1) is 8.13. The van der Waals surface area contributed by atoms with Crippen LogP contribution in [0.4, 0.5) is 0 Å². The van der Waals surface area contributed by atoms with Gasteiger partial charge in [-0.3, -0.25) is 0 Å². The molecule has 2 N–H and O–H groups in total. The van der Waals surface area contributed by atoms with Crippen LogP contribution in [0.15, 0.2) is 24.3 Å². The third-order valence-corrected chi connectivity index (χ3v) is 2.80. The molecule has 0 aromatic heterocycles. The molecule has 0 bridgehead atoms. The predicted octanol–water partition coefficient (Wildman–Crippen LogP) is 2.91. The third kappa shape index (κ3) is 5.00. The number of benzene rings is 1. The molecule has 1 aromatic carbocycles. The average molecular weight is 235 g/mol. The van der Waals surface area contributed by atoms with Gasteiger partial charge in [0.15, 0.2) is 0 Å². The SMILES string of the molecule is CCCC(C)CNCc1ccc(C(=O)O)cc1. The molecular weight excluding hydrogens is 214 g/mol. The Labute approximate surface area is 103 Å². The van der Waals surface area contributed by atoms with E-state index in [1.54, 1.807) is 12.1 Å². The Balaban J connectivity index is 2.34. The van der Waals surface area contributed by atoms with Gasteiger partial charge in [0.2, 0.25) is 0 Å². The third-order valence-electron chi connectivity index (χ3n) is 2.80. The van der Waals surface area contributed by atoms with Crippen LogP contribution in [-0.2, 0) is 6.54 Å². The normalized spacial score (nSPS) is 12.4. The molecule has 1 aromatic rings. The summed E-state index contributed by atoms with van der Waals surface area (Å²) in [5.74, 6) is -0.181. The van der Waals surface area contributed by atoms with Gasteiger partial charge in [-0.15, -0.1) is 0 Å². The summed E-state index contributed by atoms with van der Waals surface area (Å²) in [5, 5.41) is 12.2. The fourth-order valence-electron chi connectivity index (χ4n) is 1.82. The van der Waals surface area contributed by atoms with Crippen molar-refractivity contribution in [2.45, 2.75) is 33.2 Å². The van der Waals surface area contributed by atoms with Crippen molar-refractivity contribution in [3.63, 3.8) is 0 Å². The van der Waals surface area contributed by atoms with Crippen LogP contribution in [0.3, 0.4) is 0 Å². The Morgan fingerprint density at radius 1 is 1.35 bits per heavy atom. The van der Waals surface area contributed by atoms with Gasteiger partial charge in [-0.1, -0.05) is 32.4 Å². The molecule has 0 aliphatic rings. The van der Waals surface area contributed by atoms with Gasteiger partial charge in [0.1, 0.15) is 0 Å². The number of hydrogen-bond acceptors (Lipinski definition) is 2. The lowest BCUT2D eigenvalue weighted by molar-refractivity contribution is 0.0697. The fourth-order valence-corrected chi connectivity index (χ4v) is 1.82. The van der Waals surface area contributed by atoms with Crippen molar-refractivity contribution in [2.24, 2.45) is 5.92 Å². The molecule has 0 saturated carbocycles. The van der Waals surface area contributed by atoms with Gasteiger partial charge in [0.05, 0.1) is 5.56 Å². The van der Waals surface area contributed by atoms with E-state index in [9.17, 15) is 4.79 Å². The van der Waals surface area contributed by atoms with Crippen LogP contribution in [-0.4, -0.2) is 17.6 Å². The van der Waals surface area contributed by atoms with Crippen molar-refractivity contribution in [1.29, 1.82) is 0 Å². The molecule has 3 heteroatoms. The lowest BCUT2D eigenvalue weighted by Crippen LogP contribution is -2.20. The van der Waals surface area contributed by atoms with Gasteiger partial charge in [0, 0.05) is 6.54 Å². The zero-order valence-electron chi connectivity index (χ0n) is 10.6. The summed E-state index contributed by atoms with van der Waals surface area (Å²) < 4.78 is 0. The summed E-state index contributed by atoms with van der Waals surface area (Å²) in [5.41, 5.74) is 1.46. The van der Waals surface area contributed by atoms with E-state index < -0.39 is 5.97 Å². The van der Waals surface area contributed by atoms with Crippen molar-refractivity contribution in [3.05, 3.63) is 35.4 Å². The summed E-state index contributed by atoms with van der Waals surface area (Å²) in [4.78, 5) is 10.7. The minimum Gasteiger partial charge on any atom is -0.478 e. The van der Waals surface area contributed by atoms with Crippen molar-refractivity contribution < 1.29 is 9.90 Å². The Morgan fingerprint density at radius 2 is 2.00 bits per heavy atom. The molecule has 0 heterocycles. The molecule has 17 heavy (non-hydrogen) atoms. The monoisotopic (exact) mass is 235 g/mol. The number of carboxylic acid groups (broad SMARTS) is 1. The standard InChI is InChI=1S/C14H21NO2/c1-3-4-11(2)9-15-10-12-5-7-13(8-6-12)14(16)17/h5-8,11,15H,3-4,9-10H2,1-2H3,(H,16,17). The van der Waals surface area contributed by atoms with Gasteiger partial charge < -0.3 is 10.4 Å². The highest BCUT2D eigenvalue weighted by Crippen LogP contribution is 2.06. The summed E-state index contributed by atoms with van der Waals surface area (Å²) in [7, 11) is 0. The molecule has 94 valence electrons. The lowest BCUT2D eigenvalue weighted by atomic mass is 10.1. The number of carbonyl (C=O) groups is 1. The average Bonchev–Trinajstić information content (AvgIpc) is 2.30. The molecule has 0 amide bonds. The maximum Gasteiger partial charge on any atom is 0.335 e. The van der Waals surface area contributed by atoms with Gasteiger partial charge in [-0.25, -0.2) is 4.79 Å². The minimum absolute atomic E-state index is 0.341. The summed E-state index contributed by atoms with van der Waals surface area (Å²) in [6.07, 6.45) is 2.46. The van der Waals surface area contributed by atoms with Gasteiger partial charge in [-0.05, 0) is 36.6 Å². The van der Waals surface area contributed by atoms with Gasteiger partial charge >= 0.3 is 5.97 Å². The second-order valence-corrected chi connectivity index (χ2v) is 4.53. The topological polar surface area (TPSA) is 49.3 Å². The van der Waals surface area contributed by atoms with E-state index in [2.05, 4.69) is 19.2 Å². The molecule has 0 aliphatic carbocycles. The van der Waals surface area contributed by atoms with E-state index in [4.69, 9.17) is 5.11 Å². The Morgan fingerprint density at radius 3 is 2.53 bits per heavy atom. The van der Waals surface area contributed by atoms with Gasteiger partial charge in [-0.2, -0.15) is 0 Å². The van der Waals surface area contributed by atoms with E-state index in [1.165, 1.54) is 12.8 Å². The summed E-state index contributed by atoms with van der Waals surface area (Å²) in [6.45, 7) is 6.24. The first-order valence-electron chi connectivity index (χ1n) is 6.16. The minimum atomic E-state index is -0.874. The molecule has 0 radical (unpaired) electrons. The van der Waals surface area contributed by atoms with Crippen molar-refractivity contribution in [3.8, 4) is 0 Å². The van der Waals surface area contributed by atoms with Crippen molar-refractivity contribution in [1.82, 2.24) is 5.32 Å². The number of nitrogens with one attached hydrogen (secondary N) is 1. The zero-order valence-corrected chi connectivity index (χ0v) is 10.6. The lowest BCUT2D eigenvalue weighted by Gasteiger charge is -2.11. The van der Waals surface area contributed by atoms with Crippen LogP contribution in [0.5, 0.6) is 0 Å². The molecule has 1 atom stereocenters. The molecule has 0 fully saturated rings. The van der Waals surface area contributed by atoms with E-state index in [0.717, 1.165) is 18.7 Å². The van der Waals surface area contributed by atoms with Crippen LogP contribution >= 0.6 is 0 Å². The van der Waals surface area contributed by atoms with Crippen molar-refractivity contribution >= 4 is 5.97 Å². The largest absolute Gasteiger partial charge is 0.478 e. The molecule has 0 aliphatic heterocycles. The van der Waals surface area contributed by atoms with Gasteiger partial charge in [0.25, 0.3) is 0 Å².